The quantitative estimate of drug-likeness (QED) is 0.708. The van der Waals surface area contributed by atoms with Gasteiger partial charge in [-0.3, -0.25) is 14.4 Å². The van der Waals surface area contributed by atoms with Crippen LogP contribution in [-0.4, -0.2) is 63.6 Å². The molecular weight excluding hydrogens is 437 g/mol. The van der Waals surface area contributed by atoms with E-state index >= 15 is 0 Å². The van der Waals surface area contributed by atoms with Gasteiger partial charge in [-0.1, -0.05) is 6.07 Å². The average Bonchev–Trinajstić information content (AvgIpc) is 3.45. The first-order valence-electron chi connectivity index (χ1n) is 9.55. The fraction of sp³-hybridized carbons (Fsp3) is 0.526. The van der Waals surface area contributed by atoms with Crippen LogP contribution >= 0.6 is 11.3 Å². The number of nitrogens with zero attached hydrogens (tertiary/aromatic N) is 3. The number of nitrogens with one attached hydrogen (secondary N) is 1. The number of thiophene rings is 1. The number of likely N-dealkylation sites (tertiary alicyclic amines) is 1. The van der Waals surface area contributed by atoms with E-state index in [-0.39, 0.29) is 17.9 Å². The van der Waals surface area contributed by atoms with Crippen LogP contribution in [0.2, 0.25) is 0 Å². The van der Waals surface area contributed by atoms with Crippen molar-refractivity contribution in [3.05, 3.63) is 40.3 Å². The largest absolute Gasteiger partial charge is 0.490 e. The van der Waals surface area contributed by atoms with Gasteiger partial charge in [0.05, 0.1) is 31.4 Å². The Kier molecular flexibility index (Phi) is 7.34. The molecule has 0 radical (unpaired) electrons. The van der Waals surface area contributed by atoms with Crippen LogP contribution < -0.4 is 5.32 Å². The van der Waals surface area contributed by atoms with Gasteiger partial charge in [-0.2, -0.15) is 18.3 Å². The summed E-state index contributed by atoms with van der Waals surface area (Å²) >= 11 is 1.67. The van der Waals surface area contributed by atoms with Crippen LogP contribution in [-0.2, 0) is 34.5 Å². The van der Waals surface area contributed by atoms with Crippen molar-refractivity contribution in [1.82, 2.24) is 20.0 Å². The summed E-state index contributed by atoms with van der Waals surface area (Å²) in [5, 5.41) is 16.4. The highest BCUT2D eigenvalue weighted by molar-refractivity contribution is 7.09. The van der Waals surface area contributed by atoms with Gasteiger partial charge in [-0.15, -0.1) is 11.3 Å². The van der Waals surface area contributed by atoms with Gasteiger partial charge < -0.3 is 15.2 Å². The lowest BCUT2D eigenvalue weighted by Gasteiger charge is -2.18. The van der Waals surface area contributed by atoms with Gasteiger partial charge >= 0.3 is 12.1 Å². The first kappa shape index (κ1) is 23.2. The molecule has 2 aromatic rings. The Morgan fingerprint density at radius 3 is 2.71 bits per heavy atom. The second-order valence-corrected chi connectivity index (χ2v) is 8.49. The number of hydrogen-bond donors (Lipinski definition) is 2. The van der Waals surface area contributed by atoms with Crippen molar-refractivity contribution in [2.75, 3.05) is 19.7 Å². The molecule has 0 spiro atoms. The van der Waals surface area contributed by atoms with Crippen LogP contribution in [0.25, 0.3) is 0 Å². The lowest BCUT2D eigenvalue weighted by Crippen LogP contribution is -2.36. The minimum atomic E-state index is -5.08. The molecule has 12 heteroatoms. The monoisotopic (exact) mass is 460 g/mol. The van der Waals surface area contributed by atoms with Gasteiger partial charge in [0.15, 0.2) is 0 Å². The molecular formula is C19H23F3N4O4S. The maximum absolute atomic E-state index is 12.5. The minimum Gasteiger partial charge on any atom is -0.475 e. The number of carbonyl (C=O) groups excluding carboxylic acids is 1. The summed E-state index contributed by atoms with van der Waals surface area (Å²) in [6, 6.07) is 4.05. The smallest absolute Gasteiger partial charge is 0.475 e. The summed E-state index contributed by atoms with van der Waals surface area (Å²) in [4.78, 5) is 25.0. The van der Waals surface area contributed by atoms with E-state index in [4.69, 9.17) is 14.6 Å². The molecule has 2 saturated heterocycles. The summed E-state index contributed by atoms with van der Waals surface area (Å²) in [6.45, 7) is 3.84. The van der Waals surface area contributed by atoms with Crippen LogP contribution in [0.15, 0.2) is 29.9 Å². The van der Waals surface area contributed by atoms with Crippen LogP contribution in [0.5, 0.6) is 0 Å². The van der Waals surface area contributed by atoms with E-state index in [1.54, 1.807) is 11.3 Å². The summed E-state index contributed by atoms with van der Waals surface area (Å²) in [6.07, 6.45) is -0.959. The number of rotatable bonds is 5. The number of aromatic nitrogens is 2. The Hall–Kier alpha value is -2.44. The zero-order valence-electron chi connectivity index (χ0n) is 16.7. The minimum absolute atomic E-state index is 0.0335. The van der Waals surface area contributed by atoms with E-state index in [1.807, 2.05) is 41.6 Å². The Balaban J connectivity index is 0.000000339. The number of aryl methyl sites for hydroxylation is 1. The molecule has 4 heterocycles. The zero-order chi connectivity index (χ0) is 22.6. The molecule has 0 saturated carbocycles. The Bertz CT molecular complexity index is 887. The number of carboxylic acid groups (broad SMARTS) is 1. The molecule has 31 heavy (non-hydrogen) atoms. The topological polar surface area (TPSA) is 96.7 Å². The molecule has 2 aromatic heterocycles. The number of aliphatic carboxylic acids is 1. The predicted octanol–water partition coefficient (Wildman–Crippen LogP) is 1.88. The summed E-state index contributed by atoms with van der Waals surface area (Å²) in [5.74, 6) is -2.37. The van der Waals surface area contributed by atoms with E-state index in [2.05, 4.69) is 15.3 Å². The normalized spacial score (nSPS) is 23.2. The molecule has 0 aliphatic carbocycles. The number of carbonyl (C=O) groups is 2. The van der Waals surface area contributed by atoms with Crippen LogP contribution in [0.1, 0.15) is 10.4 Å². The molecule has 1 amide bonds. The van der Waals surface area contributed by atoms with Crippen molar-refractivity contribution in [2.45, 2.75) is 25.4 Å². The van der Waals surface area contributed by atoms with Crippen molar-refractivity contribution < 1.29 is 32.6 Å². The number of amides is 1. The van der Waals surface area contributed by atoms with Gasteiger partial charge in [0.2, 0.25) is 5.91 Å². The SMILES string of the molecule is Cn1cc(CN2C[C@@H]3[C@@H](C(=O)NCc4cccs4)CO[C@@H]3C2)cn1.O=C(O)C(F)(F)F. The molecule has 170 valence electrons. The second kappa shape index (κ2) is 9.79. The molecule has 2 aliphatic heterocycles. The highest BCUT2D eigenvalue weighted by atomic mass is 32.1. The zero-order valence-corrected chi connectivity index (χ0v) is 17.5. The number of alkyl halides is 3. The number of halogens is 3. The first-order valence-corrected chi connectivity index (χ1v) is 10.4. The third-order valence-electron chi connectivity index (χ3n) is 5.15. The Labute approximate surface area is 180 Å². The number of carboxylic acids is 1. The number of fused-ring (bicyclic) bond motifs is 1. The third-order valence-corrected chi connectivity index (χ3v) is 6.03. The Morgan fingerprint density at radius 2 is 2.13 bits per heavy atom. The van der Waals surface area contributed by atoms with E-state index in [9.17, 15) is 18.0 Å². The molecule has 2 fully saturated rings. The molecule has 2 N–H and O–H groups in total. The highest BCUT2D eigenvalue weighted by Crippen LogP contribution is 2.34. The molecule has 2 aliphatic rings. The van der Waals surface area contributed by atoms with Crippen molar-refractivity contribution in [3.63, 3.8) is 0 Å². The molecule has 8 nitrogen and oxygen atoms in total. The van der Waals surface area contributed by atoms with Crippen molar-refractivity contribution in [3.8, 4) is 0 Å². The predicted molar refractivity (Wildman–Crippen MR) is 105 cm³/mol. The van der Waals surface area contributed by atoms with Crippen molar-refractivity contribution in [1.29, 1.82) is 0 Å². The lowest BCUT2D eigenvalue weighted by molar-refractivity contribution is -0.192. The summed E-state index contributed by atoms with van der Waals surface area (Å²) in [7, 11) is 1.93. The van der Waals surface area contributed by atoms with Gasteiger partial charge in [-0.25, -0.2) is 4.79 Å². The first-order chi connectivity index (χ1) is 14.6. The molecule has 0 unspecified atom stereocenters. The van der Waals surface area contributed by atoms with Crippen molar-refractivity contribution in [2.24, 2.45) is 18.9 Å². The average molecular weight is 460 g/mol. The van der Waals surface area contributed by atoms with Crippen LogP contribution in [0.4, 0.5) is 13.2 Å². The van der Waals surface area contributed by atoms with Crippen LogP contribution in [0, 0.1) is 11.8 Å². The summed E-state index contributed by atoms with van der Waals surface area (Å²) < 4.78 is 39.5. The number of hydrogen-bond acceptors (Lipinski definition) is 6. The molecule has 4 rings (SSSR count). The standard InChI is InChI=1S/C17H22N4O2S.C2HF3O2/c1-20-7-12(5-19-20)8-21-9-14-15(11-23-16(14)10-21)17(22)18-6-13-3-2-4-24-13;3-2(4,5)1(6)7/h2-5,7,14-16H,6,8-11H2,1H3,(H,18,22);(H,6,7)/t14-,15+,16-;/m1./s1. The maximum atomic E-state index is 12.5. The molecule has 0 aromatic carbocycles. The Morgan fingerprint density at radius 1 is 1.39 bits per heavy atom. The van der Waals surface area contributed by atoms with Gasteiger partial charge in [0, 0.05) is 49.2 Å². The van der Waals surface area contributed by atoms with Gasteiger partial charge in [-0.05, 0) is 11.4 Å². The fourth-order valence-corrected chi connectivity index (χ4v) is 4.37. The third kappa shape index (κ3) is 6.28. The van der Waals surface area contributed by atoms with Gasteiger partial charge in [0.1, 0.15) is 0 Å². The molecule has 3 atom stereocenters. The second-order valence-electron chi connectivity index (χ2n) is 7.46. The molecule has 0 bridgehead atoms. The van der Waals surface area contributed by atoms with Gasteiger partial charge in [0.25, 0.3) is 0 Å². The number of ether oxygens (including phenoxy) is 1. The maximum Gasteiger partial charge on any atom is 0.490 e. The van der Waals surface area contributed by atoms with E-state index in [1.165, 1.54) is 10.4 Å². The van der Waals surface area contributed by atoms with E-state index in [0.717, 1.165) is 19.6 Å². The highest BCUT2D eigenvalue weighted by Gasteiger charge is 2.46. The van der Waals surface area contributed by atoms with E-state index < -0.39 is 12.1 Å². The fourth-order valence-electron chi connectivity index (χ4n) is 3.72. The van der Waals surface area contributed by atoms with E-state index in [0.29, 0.717) is 19.1 Å². The lowest BCUT2D eigenvalue weighted by atomic mass is 9.92. The van der Waals surface area contributed by atoms with Crippen LogP contribution in [0.3, 0.4) is 0 Å². The van der Waals surface area contributed by atoms with Crippen molar-refractivity contribution >= 4 is 23.2 Å². The summed E-state index contributed by atoms with van der Waals surface area (Å²) in [5.41, 5.74) is 1.20.